The summed E-state index contributed by atoms with van der Waals surface area (Å²) in [6.45, 7) is 14.8. The summed E-state index contributed by atoms with van der Waals surface area (Å²) in [6.07, 6.45) is 13.1. The van der Waals surface area contributed by atoms with Crippen molar-refractivity contribution in [1.82, 2.24) is 0 Å². The van der Waals surface area contributed by atoms with Crippen LogP contribution in [0.1, 0.15) is 119 Å². The van der Waals surface area contributed by atoms with Crippen molar-refractivity contribution in [3.63, 3.8) is 0 Å². The van der Waals surface area contributed by atoms with Crippen molar-refractivity contribution >= 4 is 10.1 Å². The maximum absolute atomic E-state index is 11.0. The van der Waals surface area contributed by atoms with Gasteiger partial charge in [0.15, 0.2) is 0 Å². The second kappa shape index (κ2) is 8.87. The van der Waals surface area contributed by atoms with Crippen molar-refractivity contribution in [3.8, 4) is 0 Å². The van der Waals surface area contributed by atoms with Crippen LogP contribution in [-0.4, -0.2) is 29.9 Å². The first-order valence-corrected chi connectivity index (χ1v) is 15.6. The van der Waals surface area contributed by atoms with Crippen molar-refractivity contribution in [2.75, 3.05) is 5.75 Å². The molecule has 0 spiro atoms. The fraction of sp³-hybridized carbons (Fsp3) is 0.931. The lowest BCUT2D eigenvalue weighted by atomic mass is 9.43. The lowest BCUT2D eigenvalue weighted by Gasteiger charge is -2.62. The van der Waals surface area contributed by atoms with Gasteiger partial charge in [-0.1, -0.05) is 72.0 Å². The molecular weight excluding hydrogens is 444 g/mol. The van der Waals surface area contributed by atoms with Crippen molar-refractivity contribution in [1.29, 1.82) is 0 Å². The van der Waals surface area contributed by atoms with Gasteiger partial charge in [0.25, 0.3) is 10.1 Å². The van der Waals surface area contributed by atoms with Crippen LogP contribution in [0.2, 0.25) is 0 Å². The highest BCUT2D eigenvalue weighted by Crippen LogP contribution is 2.72. The molecule has 0 aromatic rings. The minimum Gasteiger partial charge on any atom is -0.393 e. The molecule has 0 aromatic carbocycles. The van der Waals surface area contributed by atoms with E-state index in [-0.39, 0.29) is 22.7 Å². The Morgan fingerprint density at radius 3 is 2.29 bits per heavy atom. The second-order valence-corrected chi connectivity index (χ2v) is 15.4. The molecule has 0 saturated heterocycles. The molecule has 4 rings (SSSR count). The first-order valence-electron chi connectivity index (χ1n) is 14.0. The summed E-state index contributed by atoms with van der Waals surface area (Å²) in [6, 6.07) is 0. The van der Waals surface area contributed by atoms with Gasteiger partial charge >= 0.3 is 0 Å². The molecule has 0 bridgehead atoms. The van der Waals surface area contributed by atoms with Crippen LogP contribution in [0.3, 0.4) is 0 Å². The molecule has 0 radical (unpaired) electrons. The molecule has 0 heterocycles. The third kappa shape index (κ3) is 4.14. The van der Waals surface area contributed by atoms with E-state index in [9.17, 15) is 13.5 Å². The molecule has 2 unspecified atom stereocenters. The number of hydrogen-bond donors (Lipinski definition) is 2. The zero-order valence-corrected chi connectivity index (χ0v) is 23.4. The van der Waals surface area contributed by atoms with Gasteiger partial charge in [-0.15, -0.1) is 0 Å². The van der Waals surface area contributed by atoms with Crippen LogP contribution in [0.4, 0.5) is 0 Å². The summed E-state index contributed by atoms with van der Waals surface area (Å²) in [4.78, 5) is 0. The Balaban J connectivity index is 1.51. The molecule has 4 aliphatic rings. The summed E-state index contributed by atoms with van der Waals surface area (Å²) >= 11 is 0. The van der Waals surface area contributed by atoms with Crippen molar-refractivity contribution in [2.45, 2.75) is 125 Å². The van der Waals surface area contributed by atoms with Crippen LogP contribution < -0.4 is 0 Å². The fourth-order valence-corrected chi connectivity index (χ4v) is 10.3. The van der Waals surface area contributed by atoms with Gasteiger partial charge in [0.1, 0.15) is 0 Å². The summed E-state index contributed by atoms with van der Waals surface area (Å²) in [5.74, 6) is 1.85. The number of fused-ring (bicyclic) bond motifs is 4. The monoisotopic (exact) mass is 494 g/mol. The number of aliphatic hydroxyl groups is 1. The van der Waals surface area contributed by atoms with Gasteiger partial charge in [-0.2, -0.15) is 8.42 Å². The lowest BCUT2D eigenvalue weighted by Crippen LogP contribution is -2.55. The van der Waals surface area contributed by atoms with E-state index in [0.29, 0.717) is 29.1 Å². The van der Waals surface area contributed by atoms with Gasteiger partial charge in [0, 0.05) is 0 Å². The molecule has 4 aliphatic carbocycles. The normalized spacial score (nSPS) is 42.6. The molecular formula is C29H50O4S. The summed E-state index contributed by atoms with van der Waals surface area (Å²) in [7, 11) is -3.83. The zero-order chi connectivity index (χ0) is 25.2. The highest BCUT2D eigenvalue weighted by molar-refractivity contribution is 7.85. The Kier molecular flexibility index (Phi) is 6.96. The van der Waals surface area contributed by atoms with E-state index in [2.05, 4.69) is 41.5 Å². The Hall–Kier alpha value is -0.390. The first kappa shape index (κ1) is 26.7. The van der Waals surface area contributed by atoms with E-state index in [1.165, 1.54) is 38.5 Å². The number of unbranched alkanes of at least 4 members (excludes halogenated alkanes) is 2. The minimum absolute atomic E-state index is 0.00469. The number of hydrogen-bond acceptors (Lipinski definition) is 3. The third-order valence-electron chi connectivity index (χ3n) is 12.0. The van der Waals surface area contributed by atoms with Crippen LogP contribution in [-0.2, 0) is 10.1 Å². The van der Waals surface area contributed by atoms with Crippen LogP contribution in [0.15, 0.2) is 11.1 Å². The minimum atomic E-state index is -3.83. The number of aliphatic hydroxyl groups excluding tert-OH is 1. The van der Waals surface area contributed by atoms with E-state index in [1.807, 2.05) is 0 Å². The molecule has 0 amide bonds. The van der Waals surface area contributed by atoms with Crippen LogP contribution in [0.5, 0.6) is 0 Å². The molecule has 2 N–H and O–H groups in total. The molecule has 7 atom stereocenters. The predicted octanol–water partition coefficient (Wildman–Crippen LogP) is 7.18. The molecule has 2 fully saturated rings. The van der Waals surface area contributed by atoms with Gasteiger partial charge in [0.2, 0.25) is 0 Å². The average Bonchev–Trinajstić information content (AvgIpc) is 3.01. The van der Waals surface area contributed by atoms with E-state index in [0.717, 1.165) is 38.0 Å². The van der Waals surface area contributed by atoms with Crippen LogP contribution >= 0.6 is 0 Å². The van der Waals surface area contributed by atoms with Crippen LogP contribution in [0, 0.1) is 39.4 Å². The Labute approximate surface area is 209 Å². The van der Waals surface area contributed by atoms with Crippen molar-refractivity contribution < 1.29 is 18.1 Å². The first-order chi connectivity index (χ1) is 15.7. The highest BCUT2D eigenvalue weighted by atomic mass is 32.2. The Bertz CT molecular complexity index is 920. The quantitative estimate of drug-likeness (QED) is 0.223. The topological polar surface area (TPSA) is 74.6 Å². The molecule has 34 heavy (non-hydrogen) atoms. The smallest absolute Gasteiger partial charge is 0.264 e. The summed E-state index contributed by atoms with van der Waals surface area (Å²) in [5, 5.41) is 10.8. The second-order valence-electron chi connectivity index (χ2n) is 13.8. The summed E-state index contributed by atoms with van der Waals surface area (Å²) < 4.78 is 31.0. The van der Waals surface area contributed by atoms with E-state index in [1.54, 1.807) is 11.1 Å². The van der Waals surface area contributed by atoms with Crippen molar-refractivity contribution in [3.05, 3.63) is 11.1 Å². The molecule has 0 aliphatic heterocycles. The highest BCUT2D eigenvalue weighted by Gasteiger charge is 2.63. The molecule has 4 nitrogen and oxygen atoms in total. The molecule has 196 valence electrons. The fourth-order valence-electron chi connectivity index (χ4n) is 9.76. The molecule has 0 aromatic heterocycles. The van der Waals surface area contributed by atoms with E-state index < -0.39 is 10.1 Å². The van der Waals surface area contributed by atoms with Gasteiger partial charge in [-0.25, -0.2) is 0 Å². The van der Waals surface area contributed by atoms with E-state index >= 15 is 0 Å². The average molecular weight is 495 g/mol. The maximum atomic E-state index is 11.0. The van der Waals surface area contributed by atoms with Crippen molar-refractivity contribution in [2.24, 2.45) is 39.4 Å². The third-order valence-corrected chi connectivity index (χ3v) is 12.8. The SMILES string of the molecule is C[C@H](CCCCCS(=O)(=O)O)[C@H]1CC[C@@]2(C)C3=C(CC[C@]12C)[C@@]1(C)CCC(O)C(C)(C)C1CC3. The standard InChI is InChI=1S/C29H50O4S/c1-20(10-8-7-9-19-34(31,32)33)21-13-17-29(6)23-11-12-24-26(2,3)25(30)15-16-27(24,4)22(23)14-18-28(21,29)5/h20-21,24-25,30H,7-19H2,1-6H3,(H,31,32,33)/t20-,21-,24?,25?,27-,28-,29+/m1/s1. The maximum Gasteiger partial charge on any atom is 0.264 e. The number of allylic oxidation sites excluding steroid dienone is 2. The Morgan fingerprint density at radius 2 is 1.62 bits per heavy atom. The Morgan fingerprint density at radius 1 is 0.912 bits per heavy atom. The van der Waals surface area contributed by atoms with Crippen LogP contribution in [0.25, 0.3) is 0 Å². The summed E-state index contributed by atoms with van der Waals surface area (Å²) in [5.41, 5.74) is 4.45. The molecule has 2 saturated carbocycles. The zero-order valence-electron chi connectivity index (χ0n) is 22.6. The lowest BCUT2D eigenvalue weighted by molar-refractivity contribution is -0.0962. The predicted molar refractivity (Wildman–Crippen MR) is 139 cm³/mol. The van der Waals surface area contributed by atoms with Gasteiger partial charge in [-0.3, -0.25) is 4.55 Å². The number of rotatable bonds is 7. The van der Waals surface area contributed by atoms with Gasteiger partial charge < -0.3 is 5.11 Å². The largest absolute Gasteiger partial charge is 0.393 e. The van der Waals surface area contributed by atoms with E-state index in [4.69, 9.17) is 4.55 Å². The van der Waals surface area contributed by atoms with Gasteiger partial charge in [-0.05, 0) is 97.2 Å². The van der Waals surface area contributed by atoms with Gasteiger partial charge in [0.05, 0.1) is 11.9 Å². The molecule has 5 heteroatoms.